The number of carboxylic acid groups (broad SMARTS) is 1. The number of benzene rings is 2. The maximum atomic E-state index is 10.6. The fraction of sp³-hybridized carbons (Fsp3) is 0.391. The van der Waals surface area contributed by atoms with Crippen molar-refractivity contribution in [1.29, 1.82) is 0 Å². The molecule has 0 amide bonds. The van der Waals surface area contributed by atoms with Crippen LogP contribution in [0.25, 0.3) is 11.1 Å². The molecule has 1 aliphatic carbocycles. The number of nitrogens with zero attached hydrogens (tertiary/aromatic N) is 2. The zero-order valence-electron chi connectivity index (χ0n) is 16.8. The molecule has 30 heavy (non-hydrogen) atoms. The molecule has 0 radical (unpaired) electrons. The van der Waals surface area contributed by atoms with Gasteiger partial charge in [0.2, 0.25) is 0 Å². The van der Waals surface area contributed by atoms with Crippen molar-refractivity contribution in [1.82, 2.24) is 9.88 Å². The summed E-state index contributed by atoms with van der Waals surface area (Å²) in [6.07, 6.45) is 4.54. The van der Waals surface area contributed by atoms with Gasteiger partial charge in [-0.3, -0.25) is 9.69 Å². The number of oxazole rings is 1. The summed E-state index contributed by atoms with van der Waals surface area (Å²) in [4.78, 5) is 17.3. The summed E-state index contributed by atoms with van der Waals surface area (Å²) in [7, 11) is 0. The number of carboxylic acids is 1. The molecule has 1 saturated carbocycles. The first-order valence-electron chi connectivity index (χ1n) is 10.4. The molecule has 7 nitrogen and oxygen atoms in total. The summed E-state index contributed by atoms with van der Waals surface area (Å²) in [6, 6.07) is 15.5. The van der Waals surface area contributed by atoms with E-state index in [0.29, 0.717) is 24.0 Å². The van der Waals surface area contributed by atoms with Crippen LogP contribution in [0, 0.1) is 0 Å². The summed E-state index contributed by atoms with van der Waals surface area (Å²) < 4.78 is 17.1. The van der Waals surface area contributed by atoms with Gasteiger partial charge in [-0.1, -0.05) is 12.1 Å². The average Bonchev–Trinajstić information content (AvgIpc) is 3.50. The second-order valence-electron chi connectivity index (χ2n) is 7.49. The SMILES string of the molecule is O=C(O)CCCCN(CCOc1ccc(Oc2nc3ccccc3o2)cc1)C1CC1. The van der Waals surface area contributed by atoms with Gasteiger partial charge in [0, 0.05) is 19.0 Å². The van der Waals surface area contributed by atoms with Gasteiger partial charge in [0.1, 0.15) is 23.6 Å². The fourth-order valence-corrected chi connectivity index (χ4v) is 3.39. The number of unbranched alkanes of at least 4 members (excludes halogenated alkanes) is 1. The molecule has 0 aliphatic heterocycles. The molecular weight excluding hydrogens is 384 g/mol. The predicted octanol–water partition coefficient (Wildman–Crippen LogP) is 4.72. The van der Waals surface area contributed by atoms with Gasteiger partial charge in [-0.15, -0.1) is 0 Å². The van der Waals surface area contributed by atoms with Gasteiger partial charge in [0.25, 0.3) is 0 Å². The van der Waals surface area contributed by atoms with Crippen LogP contribution >= 0.6 is 0 Å². The third kappa shape index (κ3) is 5.73. The van der Waals surface area contributed by atoms with Crippen LogP contribution in [0.1, 0.15) is 32.1 Å². The number of hydrogen-bond acceptors (Lipinski definition) is 6. The van der Waals surface area contributed by atoms with Gasteiger partial charge in [-0.25, -0.2) is 0 Å². The van der Waals surface area contributed by atoms with E-state index < -0.39 is 5.97 Å². The number of rotatable bonds is 12. The Hall–Kier alpha value is -3.06. The van der Waals surface area contributed by atoms with Gasteiger partial charge in [0.05, 0.1) is 0 Å². The van der Waals surface area contributed by atoms with Crippen molar-refractivity contribution in [3.63, 3.8) is 0 Å². The van der Waals surface area contributed by atoms with Crippen LogP contribution in [-0.2, 0) is 4.79 Å². The maximum Gasteiger partial charge on any atom is 0.400 e. The lowest BCUT2D eigenvalue weighted by molar-refractivity contribution is -0.137. The van der Waals surface area contributed by atoms with Crippen molar-refractivity contribution in [3.05, 3.63) is 48.5 Å². The monoisotopic (exact) mass is 410 g/mol. The van der Waals surface area contributed by atoms with E-state index in [9.17, 15) is 4.79 Å². The van der Waals surface area contributed by atoms with E-state index >= 15 is 0 Å². The quantitative estimate of drug-likeness (QED) is 0.433. The first-order valence-corrected chi connectivity index (χ1v) is 10.4. The van der Waals surface area contributed by atoms with Crippen LogP contribution < -0.4 is 9.47 Å². The van der Waals surface area contributed by atoms with Crippen molar-refractivity contribution in [2.45, 2.75) is 38.1 Å². The summed E-state index contributed by atoms with van der Waals surface area (Å²) in [5.74, 6) is 0.688. The Labute approximate surface area is 175 Å². The molecule has 1 heterocycles. The van der Waals surface area contributed by atoms with Crippen molar-refractivity contribution >= 4 is 17.1 Å². The number of para-hydroxylation sites is 2. The van der Waals surface area contributed by atoms with Gasteiger partial charge in [-0.2, -0.15) is 4.98 Å². The molecule has 0 spiro atoms. The van der Waals surface area contributed by atoms with Crippen LogP contribution in [0.15, 0.2) is 52.9 Å². The van der Waals surface area contributed by atoms with E-state index in [2.05, 4.69) is 9.88 Å². The average molecular weight is 410 g/mol. The van der Waals surface area contributed by atoms with Gasteiger partial charge < -0.3 is 19.0 Å². The minimum Gasteiger partial charge on any atom is -0.492 e. The van der Waals surface area contributed by atoms with Crippen LogP contribution in [0.2, 0.25) is 0 Å². The number of ether oxygens (including phenoxy) is 2. The number of hydrogen-bond donors (Lipinski definition) is 1. The molecule has 4 rings (SSSR count). The summed E-state index contributed by atoms with van der Waals surface area (Å²) in [6.45, 7) is 2.37. The number of carbonyl (C=O) groups is 1. The Balaban J connectivity index is 1.22. The van der Waals surface area contributed by atoms with Crippen LogP contribution in [-0.4, -0.2) is 46.7 Å². The number of fused-ring (bicyclic) bond motifs is 1. The van der Waals surface area contributed by atoms with Gasteiger partial charge in [-0.05, 0) is 68.6 Å². The third-order valence-corrected chi connectivity index (χ3v) is 5.10. The van der Waals surface area contributed by atoms with E-state index in [1.54, 1.807) is 0 Å². The zero-order valence-corrected chi connectivity index (χ0v) is 16.8. The molecule has 7 heteroatoms. The minimum absolute atomic E-state index is 0.216. The zero-order chi connectivity index (χ0) is 20.8. The lowest BCUT2D eigenvalue weighted by Crippen LogP contribution is -2.31. The summed E-state index contributed by atoms with van der Waals surface area (Å²) >= 11 is 0. The van der Waals surface area contributed by atoms with Crippen LogP contribution in [0.4, 0.5) is 0 Å². The molecule has 0 saturated heterocycles. The number of aliphatic carboxylic acids is 1. The molecule has 3 aromatic rings. The Morgan fingerprint density at radius 1 is 1.07 bits per heavy atom. The smallest absolute Gasteiger partial charge is 0.400 e. The Morgan fingerprint density at radius 2 is 1.83 bits per heavy atom. The summed E-state index contributed by atoms with van der Waals surface area (Å²) in [5, 5.41) is 8.75. The van der Waals surface area contributed by atoms with E-state index in [1.807, 2.05) is 48.5 Å². The molecule has 1 N–H and O–H groups in total. The number of aromatic nitrogens is 1. The second-order valence-corrected chi connectivity index (χ2v) is 7.49. The highest BCUT2D eigenvalue weighted by Crippen LogP contribution is 2.28. The Kier molecular flexibility index (Phi) is 6.49. The summed E-state index contributed by atoms with van der Waals surface area (Å²) in [5.41, 5.74) is 1.45. The lowest BCUT2D eigenvalue weighted by Gasteiger charge is -2.21. The van der Waals surface area contributed by atoms with Gasteiger partial charge >= 0.3 is 12.0 Å². The Morgan fingerprint density at radius 3 is 2.57 bits per heavy atom. The molecule has 0 unspecified atom stereocenters. The highest BCUT2D eigenvalue weighted by Gasteiger charge is 2.28. The van der Waals surface area contributed by atoms with Crippen LogP contribution in [0.5, 0.6) is 17.6 Å². The van der Waals surface area contributed by atoms with E-state index in [0.717, 1.165) is 37.2 Å². The highest BCUT2D eigenvalue weighted by atomic mass is 16.6. The lowest BCUT2D eigenvalue weighted by atomic mass is 10.2. The fourth-order valence-electron chi connectivity index (χ4n) is 3.39. The van der Waals surface area contributed by atoms with E-state index in [1.165, 1.54) is 12.8 Å². The molecule has 2 aromatic carbocycles. The second kappa shape index (κ2) is 9.63. The van der Waals surface area contributed by atoms with Crippen molar-refractivity contribution in [2.75, 3.05) is 19.7 Å². The normalized spacial score (nSPS) is 13.6. The topological polar surface area (TPSA) is 85.0 Å². The first kappa shape index (κ1) is 20.2. The minimum atomic E-state index is -0.722. The predicted molar refractivity (Wildman–Crippen MR) is 112 cm³/mol. The maximum absolute atomic E-state index is 10.6. The molecule has 1 aliphatic rings. The van der Waals surface area contributed by atoms with Crippen LogP contribution in [0.3, 0.4) is 0 Å². The molecule has 1 aromatic heterocycles. The third-order valence-electron chi connectivity index (χ3n) is 5.10. The standard InChI is InChI=1S/C23H26N2O5/c26-22(27)7-3-4-14-25(17-8-9-17)15-16-28-18-10-12-19(13-11-18)29-23-24-20-5-1-2-6-21(20)30-23/h1-2,5-6,10-13,17H,3-4,7-9,14-16H2,(H,26,27). The molecule has 158 valence electrons. The molecule has 0 atom stereocenters. The molecule has 0 bridgehead atoms. The largest absolute Gasteiger partial charge is 0.492 e. The van der Waals surface area contributed by atoms with Crippen molar-refractivity contribution < 1.29 is 23.8 Å². The molecular formula is C23H26N2O5. The van der Waals surface area contributed by atoms with Crippen molar-refractivity contribution in [2.24, 2.45) is 0 Å². The highest BCUT2D eigenvalue weighted by molar-refractivity contribution is 5.72. The van der Waals surface area contributed by atoms with E-state index in [-0.39, 0.29) is 12.5 Å². The van der Waals surface area contributed by atoms with Gasteiger partial charge in [0.15, 0.2) is 5.58 Å². The first-order chi connectivity index (χ1) is 14.7. The van der Waals surface area contributed by atoms with Crippen molar-refractivity contribution in [3.8, 4) is 17.6 Å². The van der Waals surface area contributed by atoms with E-state index in [4.69, 9.17) is 19.0 Å². The molecule has 1 fully saturated rings. The Bertz CT molecular complexity index is 932.